The number of aryl methyl sites for hydroxylation is 1. The van der Waals surface area contributed by atoms with Gasteiger partial charge in [-0.05, 0) is 70.6 Å². The Hall–Kier alpha value is -1.95. The molecule has 0 aliphatic heterocycles. The fraction of sp³-hybridized carbons (Fsp3) is 0.759. The number of hydrogen-bond acceptors (Lipinski definition) is 5. The third kappa shape index (κ3) is 7.77. The third-order valence-electron chi connectivity index (χ3n) is 7.34. The summed E-state index contributed by atoms with van der Waals surface area (Å²) in [7, 11) is 0. The van der Waals surface area contributed by atoms with Crippen LogP contribution in [0.3, 0.4) is 0 Å². The first-order valence-electron chi connectivity index (χ1n) is 13.9. The first kappa shape index (κ1) is 27.6. The molecular formula is C29H46N2O4. The van der Waals surface area contributed by atoms with Gasteiger partial charge in [0.2, 0.25) is 5.91 Å². The molecule has 1 heterocycles. The largest absolute Gasteiger partial charge is 0.493 e. The number of hydrogen-bond donors (Lipinski definition) is 0. The zero-order chi connectivity index (χ0) is 25.4. The predicted molar refractivity (Wildman–Crippen MR) is 140 cm³/mol. The highest BCUT2D eigenvalue weighted by molar-refractivity contribution is 5.96. The molecule has 1 amide bonds. The molecule has 0 unspecified atom stereocenters. The second-order valence-electron chi connectivity index (χ2n) is 10.8. The summed E-state index contributed by atoms with van der Waals surface area (Å²) in [6, 6.07) is 2.16. The summed E-state index contributed by atoms with van der Waals surface area (Å²) in [5.74, 6) is 2.63. The first-order chi connectivity index (χ1) is 16.9. The van der Waals surface area contributed by atoms with Crippen molar-refractivity contribution >= 4 is 17.5 Å². The zero-order valence-electron chi connectivity index (χ0n) is 22.6. The monoisotopic (exact) mass is 486 g/mol. The average molecular weight is 487 g/mol. The van der Waals surface area contributed by atoms with Crippen molar-refractivity contribution in [2.45, 2.75) is 98.4 Å². The van der Waals surface area contributed by atoms with Crippen molar-refractivity contribution in [3.8, 4) is 5.75 Å². The lowest BCUT2D eigenvalue weighted by Crippen LogP contribution is -2.41. The number of Topliss-reactive ketones (excluding diaryl/α,β-unsaturated/α-hetero) is 1. The van der Waals surface area contributed by atoms with E-state index in [0.29, 0.717) is 50.2 Å². The van der Waals surface area contributed by atoms with Crippen LogP contribution >= 0.6 is 0 Å². The van der Waals surface area contributed by atoms with Crippen LogP contribution in [0.4, 0.5) is 5.82 Å². The number of ketones is 1. The Morgan fingerprint density at radius 3 is 2.46 bits per heavy atom. The second kappa shape index (κ2) is 13.4. The van der Waals surface area contributed by atoms with Gasteiger partial charge in [-0.2, -0.15) is 0 Å². The Labute approximate surface area is 212 Å². The minimum atomic E-state index is -0.114. The molecule has 0 saturated heterocycles. The molecule has 0 bridgehead atoms. The summed E-state index contributed by atoms with van der Waals surface area (Å²) < 4.78 is 11.5. The topological polar surface area (TPSA) is 68.7 Å². The maximum Gasteiger partial charge on any atom is 0.231 e. The summed E-state index contributed by atoms with van der Waals surface area (Å²) >= 11 is 0. The molecule has 35 heavy (non-hydrogen) atoms. The highest BCUT2D eigenvalue weighted by Gasteiger charge is 2.40. The van der Waals surface area contributed by atoms with Crippen LogP contribution in [0.1, 0.15) is 91.5 Å². The minimum absolute atomic E-state index is 0.0237. The number of rotatable bonds is 14. The average Bonchev–Trinajstić information content (AvgIpc) is 3.68. The SMILES string of the molecule is CCOC[C@H](CC(=O)[C@@H]1CCC[C@H](C(=O)N(c2cc(OCC)c(CC)cn2)C2CC2)C1)CC(C)C. The van der Waals surface area contributed by atoms with Crippen molar-refractivity contribution in [2.24, 2.45) is 23.7 Å². The fourth-order valence-electron chi connectivity index (χ4n) is 5.47. The molecule has 2 aliphatic rings. The maximum absolute atomic E-state index is 13.8. The molecule has 3 rings (SSSR count). The van der Waals surface area contributed by atoms with Gasteiger partial charge >= 0.3 is 0 Å². The maximum atomic E-state index is 13.8. The van der Waals surface area contributed by atoms with E-state index in [2.05, 4.69) is 25.8 Å². The van der Waals surface area contributed by atoms with Crippen molar-refractivity contribution in [3.05, 3.63) is 17.8 Å². The van der Waals surface area contributed by atoms with E-state index >= 15 is 0 Å². The molecule has 0 N–H and O–H groups in total. The van der Waals surface area contributed by atoms with Gasteiger partial charge in [0.1, 0.15) is 17.4 Å². The van der Waals surface area contributed by atoms with E-state index < -0.39 is 0 Å². The zero-order valence-corrected chi connectivity index (χ0v) is 22.6. The van der Waals surface area contributed by atoms with E-state index in [-0.39, 0.29) is 29.7 Å². The van der Waals surface area contributed by atoms with Crippen LogP contribution < -0.4 is 9.64 Å². The number of ether oxygens (including phenoxy) is 2. The Kier molecular flexibility index (Phi) is 10.6. The van der Waals surface area contributed by atoms with E-state index in [1.807, 2.05) is 31.0 Å². The minimum Gasteiger partial charge on any atom is -0.493 e. The van der Waals surface area contributed by atoms with E-state index in [0.717, 1.165) is 56.3 Å². The van der Waals surface area contributed by atoms with Crippen LogP contribution in [-0.2, 0) is 20.7 Å². The van der Waals surface area contributed by atoms with Gasteiger partial charge < -0.3 is 9.47 Å². The molecule has 1 aromatic rings. The molecule has 2 aliphatic carbocycles. The Bertz CT molecular complexity index is 836. The summed E-state index contributed by atoms with van der Waals surface area (Å²) in [6.45, 7) is 12.4. The van der Waals surface area contributed by atoms with Gasteiger partial charge in [0.15, 0.2) is 0 Å². The predicted octanol–water partition coefficient (Wildman–Crippen LogP) is 6.00. The standard InChI is InChI=1S/C29H46N2O4/c1-6-22-18-30-28(17-27(22)35-8-3)31(25-12-13-25)29(33)24-11-9-10-23(16-24)26(32)15-21(14-20(4)5)19-34-7-2/h17-18,20-21,23-25H,6-16,19H2,1-5H3/t21-,23+,24-/m0/s1. The number of nitrogens with zero attached hydrogens (tertiary/aromatic N) is 2. The van der Waals surface area contributed by atoms with Gasteiger partial charge in [-0.15, -0.1) is 0 Å². The molecule has 2 fully saturated rings. The smallest absolute Gasteiger partial charge is 0.231 e. The van der Waals surface area contributed by atoms with Crippen molar-refractivity contribution < 1.29 is 19.1 Å². The number of aromatic nitrogens is 1. The lowest BCUT2D eigenvalue weighted by Gasteiger charge is -2.32. The Morgan fingerprint density at radius 1 is 1.09 bits per heavy atom. The fourth-order valence-corrected chi connectivity index (χ4v) is 5.47. The highest BCUT2D eigenvalue weighted by Crippen LogP contribution is 2.38. The number of amides is 1. The van der Waals surface area contributed by atoms with Gasteiger partial charge in [-0.3, -0.25) is 14.5 Å². The number of anilines is 1. The molecule has 0 radical (unpaired) electrons. The van der Waals surface area contributed by atoms with Crippen molar-refractivity contribution in [1.82, 2.24) is 4.98 Å². The van der Waals surface area contributed by atoms with Gasteiger partial charge in [-0.25, -0.2) is 4.98 Å². The molecule has 196 valence electrons. The van der Waals surface area contributed by atoms with Gasteiger partial charge in [0, 0.05) is 55.3 Å². The van der Waals surface area contributed by atoms with E-state index in [4.69, 9.17) is 9.47 Å². The second-order valence-corrected chi connectivity index (χ2v) is 10.8. The lowest BCUT2D eigenvalue weighted by atomic mass is 9.76. The van der Waals surface area contributed by atoms with Crippen LogP contribution in [0.2, 0.25) is 0 Å². The van der Waals surface area contributed by atoms with E-state index in [1.165, 1.54) is 0 Å². The quantitative estimate of drug-likeness (QED) is 0.322. The van der Waals surface area contributed by atoms with Crippen LogP contribution in [0.15, 0.2) is 12.3 Å². The van der Waals surface area contributed by atoms with Crippen LogP contribution in [0, 0.1) is 23.7 Å². The number of pyridine rings is 1. The van der Waals surface area contributed by atoms with Crippen LogP contribution in [-0.4, -0.2) is 42.5 Å². The molecule has 3 atom stereocenters. The lowest BCUT2D eigenvalue weighted by molar-refractivity contribution is -0.128. The molecule has 2 saturated carbocycles. The van der Waals surface area contributed by atoms with Crippen molar-refractivity contribution in [1.29, 1.82) is 0 Å². The number of carbonyl (C=O) groups is 2. The van der Waals surface area contributed by atoms with Gasteiger partial charge in [0.25, 0.3) is 0 Å². The Morgan fingerprint density at radius 2 is 1.83 bits per heavy atom. The molecule has 0 aromatic carbocycles. The summed E-state index contributed by atoms with van der Waals surface area (Å²) in [5.41, 5.74) is 1.06. The van der Waals surface area contributed by atoms with Crippen LogP contribution in [0.25, 0.3) is 0 Å². The van der Waals surface area contributed by atoms with Crippen LogP contribution in [0.5, 0.6) is 5.75 Å². The van der Waals surface area contributed by atoms with E-state index in [1.54, 1.807) is 0 Å². The van der Waals surface area contributed by atoms with Crippen molar-refractivity contribution in [2.75, 3.05) is 24.7 Å². The first-order valence-corrected chi connectivity index (χ1v) is 13.9. The molecule has 1 aromatic heterocycles. The Balaban J connectivity index is 1.70. The molecule has 6 heteroatoms. The van der Waals surface area contributed by atoms with E-state index in [9.17, 15) is 9.59 Å². The summed E-state index contributed by atoms with van der Waals surface area (Å²) in [4.78, 5) is 33.7. The van der Waals surface area contributed by atoms with Gasteiger partial charge in [0.05, 0.1) is 6.61 Å². The highest BCUT2D eigenvalue weighted by atomic mass is 16.5. The number of carbonyl (C=O) groups excluding carboxylic acids is 2. The molecular weight excluding hydrogens is 440 g/mol. The molecule has 0 spiro atoms. The molecule has 6 nitrogen and oxygen atoms in total. The van der Waals surface area contributed by atoms with Crippen molar-refractivity contribution in [3.63, 3.8) is 0 Å². The summed E-state index contributed by atoms with van der Waals surface area (Å²) in [6.07, 6.45) is 9.61. The normalized spacial score (nSPS) is 21.1. The van der Waals surface area contributed by atoms with Gasteiger partial charge in [-0.1, -0.05) is 27.2 Å². The third-order valence-corrected chi connectivity index (χ3v) is 7.34. The summed E-state index contributed by atoms with van der Waals surface area (Å²) in [5, 5.41) is 0.